The van der Waals surface area contributed by atoms with Gasteiger partial charge < -0.3 is 5.32 Å². The van der Waals surface area contributed by atoms with Crippen molar-refractivity contribution in [2.75, 3.05) is 6.17 Å². The van der Waals surface area contributed by atoms with Gasteiger partial charge in [0.15, 0.2) is 0 Å². The van der Waals surface area contributed by atoms with E-state index < -0.39 is 21.2 Å². The first-order valence-corrected chi connectivity index (χ1v) is 4.07. The molecule has 0 unspecified atom stereocenters. The van der Waals surface area contributed by atoms with Crippen LogP contribution in [-0.4, -0.2) is 21.2 Å². The summed E-state index contributed by atoms with van der Waals surface area (Å²) < 4.78 is 34.0. The topological polar surface area (TPSA) is 29.1 Å². The predicted molar refractivity (Wildman–Crippen MR) is 27.8 cm³/mol. The van der Waals surface area contributed by atoms with Crippen LogP contribution in [-0.2, 0) is 4.79 Å². The third-order valence-electron chi connectivity index (χ3n) is 0.538. The second-order valence-electron chi connectivity index (χ2n) is 1.52. The SMILES string of the molecule is CC(=O)NC[Si](F)(F)F. The molecule has 0 rings (SSSR count). The molecule has 9 heavy (non-hydrogen) atoms. The molecule has 54 valence electrons. The normalized spacial score (nSPS) is 11.1. The number of carbonyl (C=O) groups excluding carboxylic acids is 1. The summed E-state index contributed by atoms with van der Waals surface area (Å²) in [4.78, 5) is 9.90. The molecule has 0 aromatic heterocycles. The average molecular weight is 157 g/mol. The maximum absolute atomic E-state index is 11.3. The molecule has 0 aromatic rings. The van der Waals surface area contributed by atoms with Crippen LogP contribution >= 0.6 is 0 Å². The second kappa shape index (κ2) is 2.86. The number of nitrogens with one attached hydrogen (secondary N) is 1. The van der Waals surface area contributed by atoms with E-state index in [0.29, 0.717) is 0 Å². The minimum absolute atomic E-state index is 0.639. The molecule has 0 saturated carbocycles. The molecule has 1 N–H and O–H groups in total. The van der Waals surface area contributed by atoms with Gasteiger partial charge in [0.25, 0.3) is 0 Å². The van der Waals surface area contributed by atoms with Crippen molar-refractivity contribution in [2.24, 2.45) is 0 Å². The van der Waals surface area contributed by atoms with Crippen LogP contribution in [0.25, 0.3) is 0 Å². The molecule has 0 atom stereocenters. The Hall–Kier alpha value is -0.523. The van der Waals surface area contributed by atoms with Gasteiger partial charge in [-0.25, -0.2) is 12.3 Å². The molecule has 2 nitrogen and oxygen atoms in total. The number of amides is 1. The zero-order valence-electron chi connectivity index (χ0n) is 4.75. The molecule has 0 saturated heterocycles. The van der Waals surface area contributed by atoms with Gasteiger partial charge in [-0.15, -0.1) is 0 Å². The maximum atomic E-state index is 11.3. The Morgan fingerprint density at radius 3 is 2.11 bits per heavy atom. The van der Waals surface area contributed by atoms with Crippen LogP contribution in [0.1, 0.15) is 6.92 Å². The smallest absolute Gasteiger partial charge is 0.351 e. The molecule has 1 amide bonds. The van der Waals surface area contributed by atoms with Gasteiger partial charge in [-0.2, -0.15) is 0 Å². The molecular weight excluding hydrogens is 151 g/mol. The summed E-state index contributed by atoms with van der Waals surface area (Å²) in [6.45, 7) is 1.06. The van der Waals surface area contributed by atoms with Crippen LogP contribution in [0, 0.1) is 0 Å². The van der Waals surface area contributed by atoms with E-state index in [4.69, 9.17) is 0 Å². The highest BCUT2D eigenvalue weighted by Crippen LogP contribution is 2.04. The fourth-order valence-corrected chi connectivity index (χ4v) is 0.674. The second-order valence-corrected chi connectivity index (χ2v) is 3.11. The summed E-state index contributed by atoms with van der Waals surface area (Å²) in [6, 6.07) is 0. The first-order valence-electron chi connectivity index (χ1n) is 2.23. The number of hydrogen-bond acceptors (Lipinski definition) is 1. The lowest BCUT2D eigenvalue weighted by Crippen LogP contribution is -2.36. The largest absolute Gasteiger partial charge is 0.636 e. The zero-order chi connectivity index (χ0) is 7.49. The van der Waals surface area contributed by atoms with E-state index in [-0.39, 0.29) is 0 Å². The lowest BCUT2D eigenvalue weighted by molar-refractivity contribution is -0.118. The Balaban J connectivity index is 3.39. The third kappa shape index (κ3) is 7.48. The first kappa shape index (κ1) is 8.48. The molecule has 0 radical (unpaired) electrons. The van der Waals surface area contributed by atoms with E-state index in [1.807, 2.05) is 0 Å². The summed E-state index contributed by atoms with van der Waals surface area (Å²) in [5.74, 6) is -0.639. The lowest BCUT2D eigenvalue weighted by atomic mass is 10.7. The molecule has 0 heterocycles. The molecule has 0 aliphatic carbocycles. The summed E-state index contributed by atoms with van der Waals surface area (Å²) in [7, 11) is -5.55. The summed E-state index contributed by atoms with van der Waals surface area (Å²) in [5, 5.41) is 1.68. The number of carbonyl (C=O) groups is 1. The molecule has 0 aliphatic rings. The minimum Gasteiger partial charge on any atom is -0.351 e. The van der Waals surface area contributed by atoms with Gasteiger partial charge in [0.2, 0.25) is 5.91 Å². The highest BCUT2D eigenvalue weighted by molar-refractivity contribution is 6.58. The lowest BCUT2D eigenvalue weighted by Gasteiger charge is -2.00. The predicted octanol–water partition coefficient (Wildman–Crippen LogP) is 0.509. The minimum atomic E-state index is -5.55. The number of hydrogen-bond donors (Lipinski definition) is 1. The Bertz CT molecular complexity index is 112. The monoisotopic (exact) mass is 157 g/mol. The van der Waals surface area contributed by atoms with Crippen LogP contribution in [0.4, 0.5) is 12.3 Å². The van der Waals surface area contributed by atoms with Crippen molar-refractivity contribution in [3.05, 3.63) is 0 Å². The van der Waals surface area contributed by atoms with E-state index in [2.05, 4.69) is 0 Å². The van der Waals surface area contributed by atoms with Crippen molar-refractivity contribution < 1.29 is 17.1 Å². The van der Waals surface area contributed by atoms with Crippen molar-refractivity contribution in [3.63, 3.8) is 0 Å². The third-order valence-corrected chi connectivity index (χ3v) is 1.12. The van der Waals surface area contributed by atoms with Crippen LogP contribution in [0.15, 0.2) is 0 Å². The highest BCUT2D eigenvalue weighted by atomic mass is 28.5. The van der Waals surface area contributed by atoms with Gasteiger partial charge >= 0.3 is 9.08 Å². The molecule has 0 aromatic carbocycles. The van der Waals surface area contributed by atoms with Crippen molar-refractivity contribution >= 4 is 15.0 Å². The van der Waals surface area contributed by atoms with Crippen LogP contribution in [0.3, 0.4) is 0 Å². The maximum Gasteiger partial charge on any atom is 0.636 e. The quantitative estimate of drug-likeness (QED) is 0.459. The number of rotatable bonds is 2. The van der Waals surface area contributed by atoms with Crippen molar-refractivity contribution in [2.45, 2.75) is 6.92 Å². The Morgan fingerprint density at radius 2 is 2.00 bits per heavy atom. The van der Waals surface area contributed by atoms with Gasteiger partial charge in [0.05, 0.1) is 6.17 Å². The summed E-state index contributed by atoms with van der Waals surface area (Å²) >= 11 is 0. The van der Waals surface area contributed by atoms with Crippen LogP contribution in [0.5, 0.6) is 0 Å². The van der Waals surface area contributed by atoms with Crippen LogP contribution < -0.4 is 5.32 Å². The van der Waals surface area contributed by atoms with E-state index in [1.54, 1.807) is 5.32 Å². The zero-order valence-corrected chi connectivity index (χ0v) is 5.75. The molecule has 0 fully saturated rings. The average Bonchev–Trinajstić information content (AvgIpc) is 1.59. The van der Waals surface area contributed by atoms with E-state index in [9.17, 15) is 17.1 Å². The van der Waals surface area contributed by atoms with E-state index >= 15 is 0 Å². The molecular formula is C3H6F3NOSi. The molecule has 0 spiro atoms. The van der Waals surface area contributed by atoms with Gasteiger partial charge in [0, 0.05) is 6.92 Å². The van der Waals surface area contributed by atoms with Gasteiger partial charge in [0.1, 0.15) is 0 Å². The van der Waals surface area contributed by atoms with Crippen molar-refractivity contribution in [3.8, 4) is 0 Å². The van der Waals surface area contributed by atoms with Crippen molar-refractivity contribution in [1.82, 2.24) is 5.32 Å². The first-order chi connectivity index (χ1) is 3.92. The van der Waals surface area contributed by atoms with Crippen LogP contribution in [0.2, 0.25) is 0 Å². The van der Waals surface area contributed by atoms with Gasteiger partial charge in [-0.3, -0.25) is 4.79 Å². The standard InChI is InChI=1S/C3H6F3NOSi/c1-3(8)7-2-9(4,5)6/h2H2,1H3,(H,7,8). The summed E-state index contributed by atoms with van der Waals surface area (Å²) in [5.41, 5.74) is 0. The Kier molecular flexibility index (Phi) is 2.69. The highest BCUT2D eigenvalue weighted by Gasteiger charge is 2.36. The van der Waals surface area contributed by atoms with Gasteiger partial charge in [-0.1, -0.05) is 0 Å². The summed E-state index contributed by atoms with van der Waals surface area (Å²) in [6.07, 6.45) is -1.11. The van der Waals surface area contributed by atoms with Gasteiger partial charge in [-0.05, 0) is 0 Å². The van der Waals surface area contributed by atoms with E-state index in [1.165, 1.54) is 0 Å². The Labute approximate surface area is 51.6 Å². The molecule has 0 bridgehead atoms. The fourth-order valence-electron chi connectivity index (χ4n) is 0.225. The number of halogens is 3. The van der Waals surface area contributed by atoms with E-state index in [0.717, 1.165) is 6.92 Å². The van der Waals surface area contributed by atoms with Crippen molar-refractivity contribution in [1.29, 1.82) is 0 Å². The molecule has 6 heteroatoms. The molecule has 0 aliphatic heterocycles. The Morgan fingerprint density at radius 1 is 1.56 bits per heavy atom. The fraction of sp³-hybridized carbons (Fsp3) is 0.667.